The molecule has 2 rings (SSSR count). The van der Waals surface area contributed by atoms with Crippen molar-refractivity contribution in [1.29, 1.82) is 0 Å². The van der Waals surface area contributed by atoms with Crippen LogP contribution in [0.5, 0.6) is 0 Å². The predicted octanol–water partition coefficient (Wildman–Crippen LogP) is 4.17. The molecule has 1 heterocycles. The van der Waals surface area contributed by atoms with Crippen molar-refractivity contribution in [3.8, 4) is 0 Å². The van der Waals surface area contributed by atoms with Crippen LogP contribution in [0.25, 0.3) is 0 Å². The Balaban J connectivity index is 2.17. The lowest BCUT2D eigenvalue weighted by Crippen LogP contribution is -2.24. The number of nitrogens with zero attached hydrogens (tertiary/aromatic N) is 1. The SMILES string of the molecule is Fc1ncc(Cl)cc1C1CCC(F)(F)CC1. The van der Waals surface area contributed by atoms with Crippen molar-refractivity contribution in [3.05, 3.63) is 28.8 Å². The van der Waals surface area contributed by atoms with Crippen molar-refractivity contribution in [2.24, 2.45) is 0 Å². The summed E-state index contributed by atoms with van der Waals surface area (Å²) < 4.78 is 39.3. The Hall–Kier alpha value is -0.770. The summed E-state index contributed by atoms with van der Waals surface area (Å²) in [6.07, 6.45) is 1.41. The highest BCUT2D eigenvalue weighted by atomic mass is 35.5. The number of hydrogen-bond donors (Lipinski definition) is 0. The molecular weight excluding hydrogens is 239 g/mol. The van der Waals surface area contributed by atoms with E-state index >= 15 is 0 Å². The van der Waals surface area contributed by atoms with Crippen molar-refractivity contribution in [2.45, 2.75) is 37.5 Å². The highest BCUT2D eigenvalue weighted by Gasteiger charge is 2.36. The van der Waals surface area contributed by atoms with Crippen LogP contribution in [0.1, 0.15) is 37.2 Å². The minimum Gasteiger partial charge on any atom is -0.227 e. The first kappa shape index (κ1) is 11.7. The van der Waals surface area contributed by atoms with E-state index in [1.54, 1.807) is 0 Å². The molecule has 0 spiro atoms. The van der Waals surface area contributed by atoms with E-state index in [0.29, 0.717) is 10.6 Å². The largest absolute Gasteiger partial charge is 0.248 e. The molecule has 1 aromatic rings. The lowest BCUT2D eigenvalue weighted by atomic mass is 9.83. The fourth-order valence-corrected chi connectivity index (χ4v) is 2.24. The Morgan fingerprint density at radius 1 is 1.31 bits per heavy atom. The molecule has 1 aliphatic carbocycles. The number of hydrogen-bond acceptors (Lipinski definition) is 1. The van der Waals surface area contributed by atoms with E-state index in [1.807, 2.05) is 0 Å². The van der Waals surface area contributed by atoms with Gasteiger partial charge in [0.1, 0.15) is 0 Å². The van der Waals surface area contributed by atoms with Gasteiger partial charge in [0, 0.05) is 24.6 Å². The maximum atomic E-state index is 13.4. The molecular formula is C11H11ClF3N. The lowest BCUT2D eigenvalue weighted by Gasteiger charge is -2.28. The Kier molecular flexibility index (Phi) is 3.10. The van der Waals surface area contributed by atoms with Crippen LogP contribution in [0.2, 0.25) is 5.02 Å². The van der Waals surface area contributed by atoms with E-state index in [1.165, 1.54) is 12.3 Å². The molecule has 0 atom stereocenters. The van der Waals surface area contributed by atoms with Gasteiger partial charge in [0.2, 0.25) is 11.9 Å². The highest BCUT2D eigenvalue weighted by Crippen LogP contribution is 2.41. The third kappa shape index (κ3) is 2.48. The average molecular weight is 250 g/mol. The van der Waals surface area contributed by atoms with Crippen molar-refractivity contribution in [3.63, 3.8) is 0 Å². The van der Waals surface area contributed by atoms with E-state index in [9.17, 15) is 13.2 Å². The topological polar surface area (TPSA) is 12.9 Å². The van der Waals surface area contributed by atoms with Gasteiger partial charge in [-0.2, -0.15) is 4.39 Å². The predicted molar refractivity (Wildman–Crippen MR) is 55.4 cm³/mol. The molecule has 0 saturated heterocycles. The van der Waals surface area contributed by atoms with Crippen molar-refractivity contribution in [1.82, 2.24) is 4.98 Å². The van der Waals surface area contributed by atoms with Crippen LogP contribution >= 0.6 is 11.6 Å². The number of halogens is 4. The van der Waals surface area contributed by atoms with Gasteiger partial charge in [-0.15, -0.1) is 0 Å². The second-order valence-corrected chi connectivity index (χ2v) is 4.60. The summed E-state index contributed by atoms with van der Waals surface area (Å²) in [5, 5.41) is 0.341. The molecule has 1 fully saturated rings. The standard InChI is InChI=1S/C11H11ClF3N/c12-8-5-9(10(13)16-6-8)7-1-3-11(14,15)4-2-7/h5-7H,1-4H2. The monoisotopic (exact) mass is 249 g/mol. The third-order valence-corrected chi connectivity index (χ3v) is 3.20. The molecule has 0 aromatic carbocycles. The zero-order valence-electron chi connectivity index (χ0n) is 8.52. The molecule has 1 aromatic heterocycles. The number of aromatic nitrogens is 1. The number of alkyl halides is 2. The van der Waals surface area contributed by atoms with Crippen LogP contribution in [0, 0.1) is 5.95 Å². The number of pyridine rings is 1. The van der Waals surface area contributed by atoms with Gasteiger partial charge < -0.3 is 0 Å². The quantitative estimate of drug-likeness (QED) is 0.681. The van der Waals surface area contributed by atoms with Gasteiger partial charge in [-0.1, -0.05) is 11.6 Å². The van der Waals surface area contributed by atoms with Gasteiger partial charge in [0.05, 0.1) is 5.02 Å². The fourth-order valence-electron chi connectivity index (χ4n) is 2.08. The molecule has 5 heteroatoms. The van der Waals surface area contributed by atoms with Gasteiger partial charge >= 0.3 is 0 Å². The van der Waals surface area contributed by atoms with Crippen LogP contribution < -0.4 is 0 Å². The Morgan fingerprint density at radius 2 is 1.94 bits per heavy atom. The van der Waals surface area contributed by atoms with E-state index in [-0.39, 0.29) is 31.6 Å². The zero-order chi connectivity index (χ0) is 11.8. The average Bonchev–Trinajstić information content (AvgIpc) is 2.22. The minimum absolute atomic E-state index is 0.189. The first-order valence-electron chi connectivity index (χ1n) is 5.17. The molecule has 0 N–H and O–H groups in total. The lowest BCUT2D eigenvalue weighted by molar-refractivity contribution is -0.0384. The van der Waals surface area contributed by atoms with E-state index in [2.05, 4.69) is 4.98 Å². The normalized spacial score (nSPS) is 21.0. The summed E-state index contributed by atoms with van der Waals surface area (Å²) in [6.45, 7) is 0. The van der Waals surface area contributed by atoms with Gasteiger partial charge in [0.25, 0.3) is 0 Å². The third-order valence-electron chi connectivity index (χ3n) is 2.99. The zero-order valence-corrected chi connectivity index (χ0v) is 9.28. The highest BCUT2D eigenvalue weighted by molar-refractivity contribution is 6.30. The second-order valence-electron chi connectivity index (χ2n) is 4.16. The Morgan fingerprint density at radius 3 is 2.56 bits per heavy atom. The Bertz CT molecular complexity index is 385. The molecule has 0 radical (unpaired) electrons. The summed E-state index contributed by atoms with van der Waals surface area (Å²) in [7, 11) is 0. The minimum atomic E-state index is -2.60. The van der Waals surface area contributed by atoms with Gasteiger partial charge in [-0.05, 0) is 24.8 Å². The summed E-state index contributed by atoms with van der Waals surface area (Å²) in [5.74, 6) is -3.38. The summed E-state index contributed by atoms with van der Waals surface area (Å²) >= 11 is 5.71. The fraction of sp³-hybridized carbons (Fsp3) is 0.545. The first-order valence-corrected chi connectivity index (χ1v) is 5.54. The van der Waals surface area contributed by atoms with Gasteiger partial charge in [-0.25, -0.2) is 13.8 Å². The molecule has 16 heavy (non-hydrogen) atoms. The van der Waals surface area contributed by atoms with Crippen LogP contribution in [-0.4, -0.2) is 10.9 Å². The van der Waals surface area contributed by atoms with E-state index < -0.39 is 11.9 Å². The molecule has 0 bridgehead atoms. The van der Waals surface area contributed by atoms with Crippen molar-refractivity contribution >= 4 is 11.6 Å². The molecule has 0 amide bonds. The molecule has 1 aliphatic rings. The molecule has 0 aliphatic heterocycles. The van der Waals surface area contributed by atoms with Crippen molar-refractivity contribution < 1.29 is 13.2 Å². The Labute approximate surface area is 96.6 Å². The summed E-state index contributed by atoms with van der Waals surface area (Å²) in [6, 6.07) is 1.48. The van der Waals surface area contributed by atoms with Crippen LogP contribution in [0.4, 0.5) is 13.2 Å². The second kappa shape index (κ2) is 4.24. The summed E-state index contributed by atoms with van der Waals surface area (Å²) in [5.41, 5.74) is 0.364. The van der Waals surface area contributed by atoms with Gasteiger partial charge in [0.15, 0.2) is 0 Å². The smallest absolute Gasteiger partial charge is 0.227 e. The van der Waals surface area contributed by atoms with Gasteiger partial charge in [-0.3, -0.25) is 0 Å². The maximum Gasteiger partial charge on any atom is 0.248 e. The van der Waals surface area contributed by atoms with Crippen molar-refractivity contribution in [2.75, 3.05) is 0 Å². The molecule has 1 nitrogen and oxygen atoms in total. The molecule has 88 valence electrons. The number of rotatable bonds is 1. The van der Waals surface area contributed by atoms with E-state index in [0.717, 1.165) is 0 Å². The summed E-state index contributed by atoms with van der Waals surface area (Å²) in [4.78, 5) is 3.50. The van der Waals surface area contributed by atoms with Crippen LogP contribution in [0.15, 0.2) is 12.3 Å². The van der Waals surface area contributed by atoms with E-state index in [4.69, 9.17) is 11.6 Å². The molecule has 0 unspecified atom stereocenters. The maximum absolute atomic E-state index is 13.4. The van der Waals surface area contributed by atoms with Crippen LogP contribution in [0.3, 0.4) is 0 Å². The molecule has 1 saturated carbocycles. The first-order chi connectivity index (χ1) is 7.48. The van der Waals surface area contributed by atoms with Crippen LogP contribution in [-0.2, 0) is 0 Å².